The van der Waals surface area contributed by atoms with Gasteiger partial charge in [-0.1, -0.05) is 41.9 Å². The van der Waals surface area contributed by atoms with Crippen molar-refractivity contribution in [1.82, 2.24) is 4.72 Å². The molecule has 0 bridgehead atoms. The van der Waals surface area contributed by atoms with Gasteiger partial charge >= 0.3 is 0 Å². The molecule has 0 aliphatic carbocycles. The minimum Gasteiger partial charge on any atom is -0.495 e. The number of hydrogen-bond donors (Lipinski definition) is 2. The lowest BCUT2D eigenvalue weighted by Gasteiger charge is -2.14. The number of rotatable bonds is 6. The van der Waals surface area contributed by atoms with Gasteiger partial charge in [0.2, 0.25) is 10.0 Å². The van der Waals surface area contributed by atoms with Gasteiger partial charge in [-0.05, 0) is 23.8 Å². The van der Waals surface area contributed by atoms with Crippen LogP contribution in [0, 0.1) is 0 Å². The zero-order valence-electron chi connectivity index (χ0n) is 11.9. The van der Waals surface area contributed by atoms with Crippen molar-refractivity contribution in [2.75, 3.05) is 13.7 Å². The van der Waals surface area contributed by atoms with E-state index in [1.807, 2.05) is 6.07 Å². The van der Waals surface area contributed by atoms with Crippen molar-refractivity contribution in [1.29, 1.82) is 0 Å². The number of nitrogens with one attached hydrogen (secondary N) is 1. The van der Waals surface area contributed by atoms with Crippen LogP contribution in [0.3, 0.4) is 0 Å². The summed E-state index contributed by atoms with van der Waals surface area (Å²) in [4.78, 5) is -0.0669. The standard InChI is InChI=1S/C15H16ClNO4S/c1-21-14-8-7-12(16)9-15(14)22(19,20)17-10-13(18)11-5-3-2-4-6-11/h2-9,13,17-18H,10H2,1H3. The van der Waals surface area contributed by atoms with Gasteiger partial charge in [-0.3, -0.25) is 0 Å². The summed E-state index contributed by atoms with van der Waals surface area (Å²) in [6.07, 6.45) is -0.943. The minimum absolute atomic E-state index is 0.0669. The third kappa shape index (κ3) is 3.98. The van der Waals surface area contributed by atoms with Gasteiger partial charge in [-0.2, -0.15) is 0 Å². The minimum atomic E-state index is -3.85. The van der Waals surface area contributed by atoms with Crippen LogP contribution < -0.4 is 9.46 Å². The molecular weight excluding hydrogens is 326 g/mol. The molecule has 5 nitrogen and oxygen atoms in total. The average Bonchev–Trinajstić information content (AvgIpc) is 2.53. The first-order valence-corrected chi connectivity index (χ1v) is 8.36. The highest BCUT2D eigenvalue weighted by molar-refractivity contribution is 7.89. The molecule has 0 aliphatic rings. The zero-order chi connectivity index (χ0) is 16.2. The normalized spacial score (nSPS) is 12.9. The molecule has 0 saturated heterocycles. The highest BCUT2D eigenvalue weighted by Gasteiger charge is 2.21. The fraction of sp³-hybridized carbons (Fsp3) is 0.200. The van der Waals surface area contributed by atoms with Crippen LogP contribution in [0.2, 0.25) is 5.02 Å². The number of benzene rings is 2. The molecule has 2 aromatic rings. The molecule has 0 saturated carbocycles. The van der Waals surface area contributed by atoms with Crippen LogP contribution in [0.5, 0.6) is 5.75 Å². The molecule has 0 aromatic heterocycles. The Morgan fingerprint density at radius 1 is 1.23 bits per heavy atom. The van der Waals surface area contributed by atoms with Crippen LogP contribution in [0.25, 0.3) is 0 Å². The predicted octanol–water partition coefficient (Wildman–Crippen LogP) is 2.36. The van der Waals surface area contributed by atoms with Crippen molar-refractivity contribution < 1.29 is 18.3 Å². The maximum absolute atomic E-state index is 12.3. The molecule has 0 spiro atoms. The molecule has 2 aromatic carbocycles. The molecule has 0 amide bonds. The van der Waals surface area contributed by atoms with E-state index in [1.165, 1.54) is 25.3 Å². The van der Waals surface area contributed by atoms with E-state index in [0.29, 0.717) is 5.56 Å². The van der Waals surface area contributed by atoms with E-state index in [9.17, 15) is 13.5 Å². The predicted molar refractivity (Wildman–Crippen MR) is 84.6 cm³/mol. The summed E-state index contributed by atoms with van der Waals surface area (Å²) in [5, 5.41) is 10.3. The van der Waals surface area contributed by atoms with Crippen LogP contribution in [0.4, 0.5) is 0 Å². The first kappa shape index (κ1) is 16.8. The third-order valence-electron chi connectivity index (χ3n) is 3.07. The van der Waals surface area contributed by atoms with Crippen LogP contribution in [-0.4, -0.2) is 27.2 Å². The number of methoxy groups -OCH3 is 1. The molecule has 0 heterocycles. The Morgan fingerprint density at radius 3 is 2.55 bits per heavy atom. The summed E-state index contributed by atoms with van der Waals surface area (Å²) in [6, 6.07) is 13.1. The van der Waals surface area contributed by atoms with E-state index in [4.69, 9.17) is 16.3 Å². The number of aliphatic hydroxyl groups excluding tert-OH is 1. The van der Waals surface area contributed by atoms with Gasteiger partial charge in [0.1, 0.15) is 10.6 Å². The van der Waals surface area contributed by atoms with Crippen molar-refractivity contribution in [3.05, 3.63) is 59.1 Å². The monoisotopic (exact) mass is 341 g/mol. The van der Waals surface area contributed by atoms with Crippen molar-refractivity contribution in [3.8, 4) is 5.75 Å². The Kier molecular flexibility index (Phi) is 5.42. The molecule has 0 aliphatic heterocycles. The van der Waals surface area contributed by atoms with Gasteiger partial charge < -0.3 is 9.84 Å². The van der Waals surface area contributed by atoms with Crippen LogP contribution in [-0.2, 0) is 10.0 Å². The van der Waals surface area contributed by atoms with Gasteiger partial charge in [0, 0.05) is 11.6 Å². The Morgan fingerprint density at radius 2 is 1.91 bits per heavy atom. The number of sulfonamides is 1. The van der Waals surface area contributed by atoms with Crippen LogP contribution >= 0.6 is 11.6 Å². The van der Waals surface area contributed by atoms with Crippen LogP contribution in [0.15, 0.2) is 53.4 Å². The Hall–Kier alpha value is -1.60. The molecule has 1 atom stereocenters. The van der Waals surface area contributed by atoms with Gasteiger partial charge in [0.25, 0.3) is 0 Å². The van der Waals surface area contributed by atoms with Crippen molar-refractivity contribution >= 4 is 21.6 Å². The first-order chi connectivity index (χ1) is 10.4. The lowest BCUT2D eigenvalue weighted by molar-refractivity contribution is 0.182. The Labute approximate surface area is 134 Å². The molecule has 2 rings (SSSR count). The Bertz CT molecular complexity index is 734. The van der Waals surface area contributed by atoms with Crippen molar-refractivity contribution in [2.24, 2.45) is 0 Å². The smallest absolute Gasteiger partial charge is 0.244 e. The summed E-state index contributed by atoms with van der Waals surface area (Å²) >= 11 is 5.84. The SMILES string of the molecule is COc1ccc(Cl)cc1S(=O)(=O)NCC(O)c1ccccc1. The molecule has 1 unspecified atom stereocenters. The average molecular weight is 342 g/mol. The van der Waals surface area contributed by atoms with E-state index >= 15 is 0 Å². The zero-order valence-corrected chi connectivity index (χ0v) is 13.4. The fourth-order valence-corrected chi connectivity index (χ4v) is 3.39. The molecule has 0 fully saturated rings. The Balaban J connectivity index is 2.17. The quantitative estimate of drug-likeness (QED) is 0.845. The third-order valence-corrected chi connectivity index (χ3v) is 4.75. The molecule has 7 heteroatoms. The largest absolute Gasteiger partial charge is 0.495 e. The lowest BCUT2D eigenvalue weighted by atomic mass is 10.1. The highest BCUT2D eigenvalue weighted by Crippen LogP contribution is 2.27. The van der Waals surface area contributed by atoms with Gasteiger partial charge in [-0.25, -0.2) is 13.1 Å². The second-order valence-corrected chi connectivity index (χ2v) is 6.75. The van der Waals surface area contributed by atoms with E-state index < -0.39 is 16.1 Å². The summed E-state index contributed by atoms with van der Waals surface area (Å²) < 4.78 is 32.1. The summed E-state index contributed by atoms with van der Waals surface area (Å²) in [7, 11) is -2.47. The topological polar surface area (TPSA) is 75.6 Å². The van der Waals surface area contributed by atoms with Gasteiger partial charge in [0.05, 0.1) is 13.2 Å². The van der Waals surface area contributed by atoms with Gasteiger partial charge in [0.15, 0.2) is 0 Å². The van der Waals surface area contributed by atoms with Gasteiger partial charge in [-0.15, -0.1) is 0 Å². The fourth-order valence-electron chi connectivity index (χ4n) is 1.92. The van der Waals surface area contributed by atoms with E-state index in [0.717, 1.165) is 0 Å². The molecule has 22 heavy (non-hydrogen) atoms. The molecule has 0 radical (unpaired) electrons. The van der Waals surface area contributed by atoms with Crippen LogP contribution in [0.1, 0.15) is 11.7 Å². The van der Waals surface area contributed by atoms with E-state index in [-0.39, 0.29) is 22.2 Å². The summed E-state index contributed by atoms with van der Waals surface area (Å²) in [6.45, 7) is -0.151. The number of ether oxygens (including phenoxy) is 1. The van der Waals surface area contributed by atoms with Crippen molar-refractivity contribution in [3.63, 3.8) is 0 Å². The summed E-state index contributed by atoms with van der Waals surface area (Å²) in [5.41, 5.74) is 0.628. The summed E-state index contributed by atoms with van der Waals surface area (Å²) in [5.74, 6) is 0.186. The van der Waals surface area contributed by atoms with E-state index in [1.54, 1.807) is 24.3 Å². The van der Waals surface area contributed by atoms with E-state index in [2.05, 4.69) is 4.72 Å². The highest BCUT2D eigenvalue weighted by atomic mass is 35.5. The number of halogens is 1. The molecule has 118 valence electrons. The van der Waals surface area contributed by atoms with Crippen molar-refractivity contribution in [2.45, 2.75) is 11.0 Å². The first-order valence-electron chi connectivity index (χ1n) is 6.50. The molecule has 2 N–H and O–H groups in total. The number of hydrogen-bond acceptors (Lipinski definition) is 4. The maximum atomic E-state index is 12.3. The number of aliphatic hydroxyl groups is 1. The molecular formula is C15H16ClNO4S. The lowest BCUT2D eigenvalue weighted by Crippen LogP contribution is -2.28. The second-order valence-electron chi connectivity index (χ2n) is 4.57. The second kappa shape index (κ2) is 7.11. The maximum Gasteiger partial charge on any atom is 0.244 e.